The molecular formula is C16H16N4O. The predicted octanol–water partition coefficient (Wildman–Crippen LogP) is 2.71. The van der Waals surface area contributed by atoms with Crippen LogP contribution in [0.4, 0.5) is 11.6 Å². The van der Waals surface area contributed by atoms with Gasteiger partial charge in [-0.3, -0.25) is 0 Å². The first kappa shape index (κ1) is 13.3. The Labute approximate surface area is 122 Å². The van der Waals surface area contributed by atoms with Gasteiger partial charge in [0.2, 0.25) is 5.95 Å². The summed E-state index contributed by atoms with van der Waals surface area (Å²) < 4.78 is 5.43. The van der Waals surface area contributed by atoms with E-state index in [1.54, 1.807) is 0 Å². The molecule has 0 aliphatic rings. The van der Waals surface area contributed by atoms with Crippen LogP contribution in [0.25, 0.3) is 10.9 Å². The molecule has 3 aromatic rings. The molecule has 0 amide bonds. The van der Waals surface area contributed by atoms with Gasteiger partial charge in [0, 0.05) is 23.8 Å². The molecule has 3 N–H and O–H groups in total. The van der Waals surface area contributed by atoms with Gasteiger partial charge < -0.3 is 15.8 Å². The van der Waals surface area contributed by atoms with Crippen LogP contribution >= 0.6 is 0 Å². The second-order valence-corrected chi connectivity index (χ2v) is 4.54. The largest absolute Gasteiger partial charge is 0.492 e. The Bertz CT molecular complexity index is 728. The molecule has 0 radical (unpaired) electrons. The van der Waals surface area contributed by atoms with Gasteiger partial charge in [0.1, 0.15) is 12.4 Å². The van der Waals surface area contributed by atoms with E-state index >= 15 is 0 Å². The molecule has 0 bridgehead atoms. The first-order chi connectivity index (χ1) is 10.3. The average molecular weight is 280 g/mol. The summed E-state index contributed by atoms with van der Waals surface area (Å²) in [6.07, 6.45) is 1.81. The van der Waals surface area contributed by atoms with Crippen LogP contribution in [0.5, 0.6) is 5.75 Å². The summed E-state index contributed by atoms with van der Waals surface area (Å²) in [5, 5.41) is 4.20. The second kappa shape index (κ2) is 6.19. The van der Waals surface area contributed by atoms with Crippen molar-refractivity contribution in [3.8, 4) is 5.75 Å². The van der Waals surface area contributed by atoms with Crippen molar-refractivity contribution in [1.29, 1.82) is 0 Å². The van der Waals surface area contributed by atoms with Crippen molar-refractivity contribution in [2.45, 2.75) is 0 Å². The van der Waals surface area contributed by atoms with Gasteiger partial charge in [0.15, 0.2) is 0 Å². The average Bonchev–Trinajstić information content (AvgIpc) is 2.54. The first-order valence-electron chi connectivity index (χ1n) is 6.77. The zero-order chi connectivity index (χ0) is 14.5. The summed E-state index contributed by atoms with van der Waals surface area (Å²) in [7, 11) is 0. The van der Waals surface area contributed by atoms with Crippen LogP contribution in [0.3, 0.4) is 0 Å². The first-order valence-corrected chi connectivity index (χ1v) is 6.77. The molecule has 0 atom stereocenters. The maximum atomic E-state index is 5.43. The number of ether oxygens (including phenoxy) is 1. The third-order valence-corrected chi connectivity index (χ3v) is 2.99. The maximum Gasteiger partial charge on any atom is 0.227 e. The summed E-state index contributed by atoms with van der Waals surface area (Å²) >= 11 is 0. The van der Waals surface area contributed by atoms with Gasteiger partial charge in [-0.2, -0.15) is 0 Å². The molecule has 0 unspecified atom stereocenters. The van der Waals surface area contributed by atoms with Gasteiger partial charge in [-0.1, -0.05) is 18.2 Å². The topological polar surface area (TPSA) is 73.1 Å². The SMILES string of the molecule is NCCOc1ccc(Nc2ncc3ccccc3n2)cc1. The molecule has 0 saturated heterocycles. The predicted molar refractivity (Wildman–Crippen MR) is 83.8 cm³/mol. The van der Waals surface area contributed by atoms with Gasteiger partial charge >= 0.3 is 0 Å². The van der Waals surface area contributed by atoms with Crippen LogP contribution in [0.1, 0.15) is 0 Å². The van der Waals surface area contributed by atoms with Crippen molar-refractivity contribution in [3.63, 3.8) is 0 Å². The number of nitrogens with one attached hydrogen (secondary N) is 1. The van der Waals surface area contributed by atoms with Crippen LogP contribution < -0.4 is 15.8 Å². The molecule has 3 rings (SSSR count). The van der Waals surface area contributed by atoms with Crippen LogP contribution in [0, 0.1) is 0 Å². The van der Waals surface area contributed by atoms with Crippen LogP contribution in [0.15, 0.2) is 54.7 Å². The second-order valence-electron chi connectivity index (χ2n) is 4.54. The van der Waals surface area contributed by atoms with E-state index in [4.69, 9.17) is 10.5 Å². The number of nitrogens with zero attached hydrogens (tertiary/aromatic N) is 2. The Hall–Kier alpha value is -2.66. The van der Waals surface area contributed by atoms with E-state index in [0.717, 1.165) is 22.3 Å². The summed E-state index contributed by atoms with van der Waals surface area (Å²) in [6, 6.07) is 15.5. The summed E-state index contributed by atoms with van der Waals surface area (Å²) in [5.74, 6) is 1.37. The van der Waals surface area contributed by atoms with E-state index in [2.05, 4.69) is 15.3 Å². The molecule has 0 spiro atoms. The quantitative estimate of drug-likeness (QED) is 0.751. The number of anilines is 2. The normalized spacial score (nSPS) is 10.5. The Morgan fingerprint density at radius 3 is 2.67 bits per heavy atom. The Morgan fingerprint density at radius 1 is 1.05 bits per heavy atom. The number of rotatable bonds is 5. The number of aromatic nitrogens is 2. The highest BCUT2D eigenvalue weighted by Gasteiger charge is 2.01. The zero-order valence-electron chi connectivity index (χ0n) is 11.5. The molecule has 21 heavy (non-hydrogen) atoms. The number of fused-ring (bicyclic) bond motifs is 1. The van der Waals surface area contributed by atoms with Gasteiger partial charge in [-0.15, -0.1) is 0 Å². The lowest BCUT2D eigenvalue weighted by Gasteiger charge is -2.08. The number of nitrogens with two attached hydrogens (primary N) is 1. The number of hydrogen-bond donors (Lipinski definition) is 2. The van der Waals surface area contributed by atoms with Gasteiger partial charge in [0.05, 0.1) is 5.52 Å². The van der Waals surface area contributed by atoms with E-state index in [9.17, 15) is 0 Å². The Kier molecular flexibility index (Phi) is 3.93. The van der Waals surface area contributed by atoms with Gasteiger partial charge in [0.25, 0.3) is 0 Å². The van der Waals surface area contributed by atoms with E-state index < -0.39 is 0 Å². The van der Waals surface area contributed by atoms with Crippen LogP contribution in [-0.4, -0.2) is 23.1 Å². The lowest BCUT2D eigenvalue weighted by molar-refractivity contribution is 0.328. The summed E-state index contributed by atoms with van der Waals surface area (Å²) in [4.78, 5) is 8.78. The third kappa shape index (κ3) is 3.27. The van der Waals surface area contributed by atoms with Crippen molar-refractivity contribution in [1.82, 2.24) is 9.97 Å². The number of hydrogen-bond acceptors (Lipinski definition) is 5. The van der Waals surface area contributed by atoms with Crippen molar-refractivity contribution in [3.05, 3.63) is 54.7 Å². The lowest BCUT2D eigenvalue weighted by Crippen LogP contribution is -2.10. The van der Waals surface area contributed by atoms with E-state index in [-0.39, 0.29) is 0 Å². The van der Waals surface area contributed by atoms with Gasteiger partial charge in [-0.25, -0.2) is 9.97 Å². The minimum Gasteiger partial charge on any atom is -0.492 e. The third-order valence-electron chi connectivity index (χ3n) is 2.99. The van der Waals surface area contributed by atoms with Crippen LogP contribution in [-0.2, 0) is 0 Å². The molecule has 0 fully saturated rings. The zero-order valence-corrected chi connectivity index (χ0v) is 11.5. The van der Waals surface area contributed by atoms with Crippen molar-refractivity contribution in [2.24, 2.45) is 5.73 Å². The highest BCUT2D eigenvalue weighted by Crippen LogP contribution is 2.19. The highest BCUT2D eigenvalue weighted by atomic mass is 16.5. The molecule has 2 aromatic carbocycles. The van der Waals surface area contributed by atoms with Crippen molar-refractivity contribution in [2.75, 3.05) is 18.5 Å². The monoisotopic (exact) mass is 280 g/mol. The highest BCUT2D eigenvalue weighted by molar-refractivity contribution is 5.78. The van der Waals surface area contributed by atoms with Crippen molar-refractivity contribution >= 4 is 22.5 Å². The number of para-hydroxylation sites is 1. The molecule has 5 nitrogen and oxygen atoms in total. The molecule has 1 heterocycles. The summed E-state index contributed by atoms with van der Waals surface area (Å²) in [6.45, 7) is 1.02. The molecule has 0 saturated carbocycles. The Morgan fingerprint density at radius 2 is 1.86 bits per heavy atom. The molecule has 1 aromatic heterocycles. The maximum absolute atomic E-state index is 5.43. The minimum atomic E-state index is 0.505. The standard InChI is InChI=1S/C16H16N4O/c17-9-10-21-14-7-5-13(6-8-14)19-16-18-11-12-3-1-2-4-15(12)20-16/h1-8,11H,9-10,17H2,(H,18,19,20). The molecular weight excluding hydrogens is 264 g/mol. The fourth-order valence-corrected chi connectivity index (χ4v) is 1.97. The molecule has 106 valence electrons. The molecule has 0 aliphatic heterocycles. The molecule has 5 heteroatoms. The van der Waals surface area contributed by atoms with Crippen LogP contribution in [0.2, 0.25) is 0 Å². The van der Waals surface area contributed by atoms with Crippen molar-refractivity contribution < 1.29 is 4.74 Å². The fourth-order valence-electron chi connectivity index (χ4n) is 1.97. The molecule has 0 aliphatic carbocycles. The summed E-state index contributed by atoms with van der Waals surface area (Å²) in [5.41, 5.74) is 7.22. The lowest BCUT2D eigenvalue weighted by atomic mass is 10.2. The van der Waals surface area contributed by atoms with E-state index in [1.807, 2.05) is 54.7 Å². The fraction of sp³-hybridized carbons (Fsp3) is 0.125. The Balaban J connectivity index is 1.75. The minimum absolute atomic E-state index is 0.505. The smallest absolute Gasteiger partial charge is 0.227 e. The van der Waals surface area contributed by atoms with E-state index in [0.29, 0.717) is 19.1 Å². The van der Waals surface area contributed by atoms with Gasteiger partial charge in [-0.05, 0) is 30.3 Å². The number of benzene rings is 2. The van der Waals surface area contributed by atoms with E-state index in [1.165, 1.54) is 0 Å².